The van der Waals surface area contributed by atoms with Crippen molar-refractivity contribution < 1.29 is 13.9 Å². The Morgan fingerprint density at radius 3 is 2.43 bits per heavy atom. The van der Waals surface area contributed by atoms with Gasteiger partial charge in [-0.25, -0.2) is 9.18 Å². The molecule has 0 spiro atoms. The van der Waals surface area contributed by atoms with E-state index in [2.05, 4.69) is 15.9 Å². The smallest absolute Gasteiger partial charge is 0.410 e. The molecule has 0 saturated carbocycles. The second kappa shape index (κ2) is 3.68. The molecule has 0 atom stereocenters. The molecule has 82 valence electrons. The van der Waals surface area contributed by atoms with E-state index in [1.54, 1.807) is 20.8 Å². The number of ether oxygens (including phenoxy) is 1. The average molecular weight is 268 g/mol. The first kappa shape index (κ1) is 11.8. The van der Waals surface area contributed by atoms with E-state index in [4.69, 9.17) is 4.74 Å². The molecule has 0 aliphatic carbocycles. The SMILES string of the molecule is CC(C)(C)OC(=O)N1CC(F)(CBr)C1. The van der Waals surface area contributed by atoms with Gasteiger partial charge >= 0.3 is 6.09 Å². The molecule has 1 aliphatic rings. The van der Waals surface area contributed by atoms with Gasteiger partial charge in [0, 0.05) is 5.33 Å². The van der Waals surface area contributed by atoms with E-state index in [1.807, 2.05) is 0 Å². The van der Waals surface area contributed by atoms with Crippen molar-refractivity contribution in [1.29, 1.82) is 0 Å². The third kappa shape index (κ3) is 2.83. The molecule has 3 nitrogen and oxygen atoms in total. The second-order valence-electron chi connectivity index (χ2n) is 4.62. The Kier molecular flexibility index (Phi) is 3.09. The Morgan fingerprint density at radius 2 is 2.07 bits per heavy atom. The molecule has 0 unspecified atom stereocenters. The number of rotatable bonds is 1. The van der Waals surface area contributed by atoms with E-state index in [0.717, 1.165) is 0 Å². The Bertz CT molecular complexity index is 233. The first-order valence-corrected chi connectivity index (χ1v) is 5.61. The lowest BCUT2D eigenvalue weighted by Crippen LogP contribution is -2.62. The molecule has 0 bridgehead atoms. The molecule has 1 amide bonds. The largest absolute Gasteiger partial charge is 0.444 e. The molecule has 0 aromatic rings. The van der Waals surface area contributed by atoms with E-state index in [1.165, 1.54) is 4.90 Å². The predicted molar refractivity (Wildman–Crippen MR) is 55.4 cm³/mol. The fourth-order valence-electron chi connectivity index (χ4n) is 1.18. The van der Waals surface area contributed by atoms with Crippen LogP contribution in [0.2, 0.25) is 0 Å². The van der Waals surface area contributed by atoms with E-state index in [0.29, 0.717) is 0 Å². The van der Waals surface area contributed by atoms with Gasteiger partial charge in [0.25, 0.3) is 0 Å². The van der Waals surface area contributed by atoms with Gasteiger partial charge in [-0.05, 0) is 20.8 Å². The number of carbonyl (C=O) groups is 1. The van der Waals surface area contributed by atoms with Crippen LogP contribution >= 0.6 is 15.9 Å². The maximum absolute atomic E-state index is 13.4. The van der Waals surface area contributed by atoms with Crippen LogP contribution in [0.5, 0.6) is 0 Å². The van der Waals surface area contributed by atoms with Gasteiger partial charge in [-0.3, -0.25) is 0 Å². The minimum atomic E-state index is -1.27. The number of halogens is 2. The normalized spacial score (nSPS) is 20.2. The van der Waals surface area contributed by atoms with Crippen molar-refractivity contribution >= 4 is 22.0 Å². The number of carbonyl (C=O) groups excluding carboxylic acids is 1. The van der Waals surface area contributed by atoms with Crippen molar-refractivity contribution in [2.45, 2.75) is 32.0 Å². The highest BCUT2D eigenvalue weighted by Crippen LogP contribution is 2.28. The van der Waals surface area contributed by atoms with Gasteiger partial charge in [0.2, 0.25) is 0 Å². The number of nitrogens with zero attached hydrogens (tertiary/aromatic N) is 1. The number of amides is 1. The van der Waals surface area contributed by atoms with Crippen LogP contribution in [-0.4, -0.2) is 40.7 Å². The monoisotopic (exact) mass is 267 g/mol. The van der Waals surface area contributed by atoms with Crippen LogP contribution in [0, 0.1) is 0 Å². The van der Waals surface area contributed by atoms with Crippen LogP contribution in [0.4, 0.5) is 9.18 Å². The summed E-state index contributed by atoms with van der Waals surface area (Å²) in [5, 5.41) is 0.263. The summed E-state index contributed by atoms with van der Waals surface area (Å²) in [6.07, 6.45) is -0.438. The Morgan fingerprint density at radius 1 is 1.57 bits per heavy atom. The van der Waals surface area contributed by atoms with Crippen molar-refractivity contribution in [1.82, 2.24) is 4.90 Å². The topological polar surface area (TPSA) is 29.5 Å². The number of hydrogen-bond acceptors (Lipinski definition) is 2. The zero-order valence-corrected chi connectivity index (χ0v) is 10.2. The molecule has 1 fully saturated rings. The van der Waals surface area contributed by atoms with E-state index in [-0.39, 0.29) is 18.4 Å². The van der Waals surface area contributed by atoms with E-state index >= 15 is 0 Å². The van der Waals surface area contributed by atoms with Gasteiger partial charge in [-0.15, -0.1) is 0 Å². The number of likely N-dealkylation sites (tertiary alicyclic amines) is 1. The Labute approximate surface area is 91.7 Å². The molecule has 1 aliphatic heterocycles. The summed E-state index contributed by atoms with van der Waals surface area (Å²) < 4.78 is 18.5. The molecule has 0 N–H and O–H groups in total. The standard InChI is InChI=1S/C9H15BrFNO2/c1-8(2,3)14-7(13)12-5-9(11,4-10)6-12/h4-6H2,1-3H3. The predicted octanol–water partition coefficient (Wildman–Crippen LogP) is 2.34. The van der Waals surface area contributed by atoms with Crippen LogP contribution in [0.1, 0.15) is 20.8 Å². The quantitative estimate of drug-likeness (QED) is 0.683. The lowest BCUT2D eigenvalue weighted by Gasteiger charge is -2.43. The molecular weight excluding hydrogens is 253 g/mol. The van der Waals surface area contributed by atoms with Gasteiger partial charge in [-0.2, -0.15) is 0 Å². The zero-order chi connectivity index (χ0) is 11.0. The lowest BCUT2D eigenvalue weighted by atomic mass is 10.00. The number of alkyl halides is 2. The third-order valence-electron chi connectivity index (χ3n) is 1.84. The molecule has 1 saturated heterocycles. The van der Waals surface area contributed by atoms with Crippen molar-refractivity contribution in [3.05, 3.63) is 0 Å². The zero-order valence-electron chi connectivity index (χ0n) is 8.64. The van der Waals surface area contributed by atoms with E-state index < -0.39 is 17.4 Å². The van der Waals surface area contributed by atoms with E-state index in [9.17, 15) is 9.18 Å². The fourth-order valence-corrected chi connectivity index (χ4v) is 1.53. The molecule has 1 heterocycles. The highest BCUT2D eigenvalue weighted by Gasteiger charge is 2.46. The summed E-state index contributed by atoms with van der Waals surface area (Å²) in [6.45, 7) is 5.61. The first-order valence-electron chi connectivity index (χ1n) is 4.49. The van der Waals surface area contributed by atoms with Crippen LogP contribution in [0.15, 0.2) is 0 Å². The van der Waals surface area contributed by atoms with Crippen molar-refractivity contribution in [3.63, 3.8) is 0 Å². The van der Waals surface area contributed by atoms with Crippen molar-refractivity contribution in [2.24, 2.45) is 0 Å². The average Bonchev–Trinajstić information content (AvgIpc) is 1.95. The minimum Gasteiger partial charge on any atom is -0.444 e. The summed E-state index contributed by atoms with van der Waals surface area (Å²) in [5.41, 5.74) is -1.78. The summed E-state index contributed by atoms with van der Waals surface area (Å²) in [4.78, 5) is 12.7. The molecule has 0 aromatic heterocycles. The van der Waals surface area contributed by atoms with Crippen molar-refractivity contribution in [3.8, 4) is 0 Å². The van der Waals surface area contributed by atoms with Gasteiger partial charge in [-0.1, -0.05) is 15.9 Å². The molecule has 1 rings (SSSR count). The van der Waals surface area contributed by atoms with Crippen molar-refractivity contribution in [2.75, 3.05) is 18.4 Å². The van der Waals surface area contributed by atoms with Crippen LogP contribution in [-0.2, 0) is 4.74 Å². The highest BCUT2D eigenvalue weighted by atomic mass is 79.9. The van der Waals surface area contributed by atoms with Crippen LogP contribution < -0.4 is 0 Å². The minimum absolute atomic E-state index is 0.118. The summed E-state index contributed by atoms with van der Waals surface area (Å²) >= 11 is 3.07. The second-order valence-corrected chi connectivity index (χ2v) is 5.18. The molecule has 0 aromatic carbocycles. The summed E-state index contributed by atoms with van der Waals surface area (Å²) in [5.74, 6) is 0. The fraction of sp³-hybridized carbons (Fsp3) is 0.889. The Hall–Kier alpha value is -0.320. The van der Waals surface area contributed by atoms with Gasteiger partial charge in [0.05, 0.1) is 13.1 Å². The number of hydrogen-bond donors (Lipinski definition) is 0. The highest BCUT2D eigenvalue weighted by molar-refractivity contribution is 9.09. The first-order chi connectivity index (χ1) is 6.26. The van der Waals surface area contributed by atoms with Crippen LogP contribution in [0.3, 0.4) is 0 Å². The molecule has 0 radical (unpaired) electrons. The van der Waals surface area contributed by atoms with Gasteiger partial charge in [0.1, 0.15) is 5.60 Å². The third-order valence-corrected chi connectivity index (χ3v) is 2.84. The Balaban J connectivity index is 2.37. The van der Waals surface area contributed by atoms with Gasteiger partial charge in [0.15, 0.2) is 5.67 Å². The molecule has 14 heavy (non-hydrogen) atoms. The summed E-state index contributed by atoms with van der Waals surface area (Å²) in [6, 6.07) is 0. The lowest BCUT2D eigenvalue weighted by molar-refractivity contribution is -0.0396. The van der Waals surface area contributed by atoms with Crippen LogP contribution in [0.25, 0.3) is 0 Å². The summed E-state index contributed by atoms with van der Waals surface area (Å²) in [7, 11) is 0. The van der Waals surface area contributed by atoms with Gasteiger partial charge < -0.3 is 9.64 Å². The molecular formula is C9H15BrFNO2. The maximum atomic E-state index is 13.4. The maximum Gasteiger partial charge on any atom is 0.410 e. The molecule has 5 heteroatoms.